The molecule has 0 aromatic carbocycles. The van der Waals surface area contributed by atoms with Gasteiger partial charge in [0.15, 0.2) is 0 Å². The molecule has 0 aliphatic heterocycles. The van der Waals surface area contributed by atoms with Crippen LogP contribution in [0.5, 0.6) is 0 Å². The zero-order valence-corrected chi connectivity index (χ0v) is 7.49. The smallest absolute Gasteiger partial charge is 0.123 e. The lowest BCUT2D eigenvalue weighted by atomic mass is 10.1. The van der Waals surface area contributed by atoms with Crippen molar-refractivity contribution in [3.63, 3.8) is 0 Å². The molecule has 0 unspecified atom stereocenters. The molecule has 0 aromatic rings. The van der Waals surface area contributed by atoms with Crippen LogP contribution in [0.1, 0.15) is 39.5 Å². The summed E-state index contributed by atoms with van der Waals surface area (Å²) in [5.41, 5.74) is -0.885. The van der Waals surface area contributed by atoms with Crippen LogP contribution in [0.3, 0.4) is 0 Å². The van der Waals surface area contributed by atoms with Crippen molar-refractivity contribution in [2.45, 2.75) is 51.2 Å². The minimum atomic E-state index is -0.885. The van der Waals surface area contributed by atoms with Crippen molar-refractivity contribution in [2.75, 3.05) is 6.54 Å². The van der Waals surface area contributed by atoms with E-state index in [1.54, 1.807) is 0 Å². The number of hydrogen-bond acceptors (Lipinski definition) is 1. The van der Waals surface area contributed by atoms with Crippen LogP contribution >= 0.6 is 0 Å². The molecule has 1 aliphatic rings. The van der Waals surface area contributed by atoms with E-state index in [1.807, 2.05) is 0 Å². The van der Waals surface area contributed by atoms with E-state index in [0.717, 1.165) is 25.7 Å². The van der Waals surface area contributed by atoms with Crippen molar-refractivity contribution in [3.8, 4) is 0 Å². The number of hydrogen-bond donors (Lipinski definition) is 1. The average Bonchev–Trinajstić information content (AvgIpc) is 2.33. The normalized spacial score (nSPS) is 22.9. The highest BCUT2D eigenvalue weighted by atomic mass is 19.1. The van der Waals surface area contributed by atoms with Crippen molar-refractivity contribution in [1.82, 2.24) is 5.32 Å². The van der Waals surface area contributed by atoms with Gasteiger partial charge in [-0.25, -0.2) is 4.39 Å². The summed E-state index contributed by atoms with van der Waals surface area (Å²) < 4.78 is 13.6. The van der Waals surface area contributed by atoms with E-state index in [9.17, 15) is 4.39 Å². The zero-order valence-electron chi connectivity index (χ0n) is 7.49. The lowest BCUT2D eigenvalue weighted by molar-refractivity contribution is 0.164. The molecular weight excluding hydrogens is 141 g/mol. The minimum Gasteiger partial charge on any atom is -0.311 e. The molecule has 0 radical (unpaired) electrons. The fourth-order valence-corrected chi connectivity index (χ4v) is 1.57. The highest BCUT2D eigenvalue weighted by Gasteiger charge is 2.32. The van der Waals surface area contributed by atoms with Gasteiger partial charge in [0.2, 0.25) is 0 Å². The van der Waals surface area contributed by atoms with Crippen LogP contribution in [0.4, 0.5) is 4.39 Å². The zero-order chi connectivity index (χ0) is 8.32. The van der Waals surface area contributed by atoms with Gasteiger partial charge in [-0.3, -0.25) is 0 Å². The molecule has 0 aromatic heterocycles. The van der Waals surface area contributed by atoms with E-state index in [2.05, 4.69) is 19.2 Å². The Morgan fingerprint density at radius 3 is 2.36 bits per heavy atom. The molecule has 0 saturated heterocycles. The van der Waals surface area contributed by atoms with Gasteiger partial charge in [-0.15, -0.1) is 0 Å². The van der Waals surface area contributed by atoms with Gasteiger partial charge >= 0.3 is 0 Å². The molecule has 0 spiro atoms. The van der Waals surface area contributed by atoms with Crippen molar-refractivity contribution >= 4 is 0 Å². The van der Waals surface area contributed by atoms with Crippen LogP contribution in [0.15, 0.2) is 0 Å². The maximum absolute atomic E-state index is 13.6. The first-order chi connectivity index (χ1) is 5.12. The van der Waals surface area contributed by atoms with Gasteiger partial charge in [-0.1, -0.05) is 26.7 Å². The van der Waals surface area contributed by atoms with Crippen molar-refractivity contribution in [3.05, 3.63) is 0 Å². The second-order valence-corrected chi connectivity index (χ2v) is 3.89. The quantitative estimate of drug-likeness (QED) is 0.666. The van der Waals surface area contributed by atoms with Gasteiger partial charge < -0.3 is 5.32 Å². The highest BCUT2D eigenvalue weighted by Crippen LogP contribution is 2.32. The summed E-state index contributed by atoms with van der Waals surface area (Å²) in [5, 5.41) is 3.15. The molecule has 66 valence electrons. The molecule has 0 heterocycles. The van der Waals surface area contributed by atoms with Gasteiger partial charge in [-0.2, -0.15) is 0 Å². The molecule has 1 nitrogen and oxygen atoms in total. The maximum atomic E-state index is 13.6. The summed E-state index contributed by atoms with van der Waals surface area (Å²) in [4.78, 5) is 0. The summed E-state index contributed by atoms with van der Waals surface area (Å²) in [5.74, 6) is 0. The van der Waals surface area contributed by atoms with Gasteiger partial charge in [-0.05, 0) is 12.8 Å². The first-order valence-electron chi connectivity index (χ1n) is 4.55. The number of halogens is 1. The van der Waals surface area contributed by atoms with E-state index in [1.165, 1.54) is 0 Å². The van der Waals surface area contributed by atoms with E-state index in [4.69, 9.17) is 0 Å². The Morgan fingerprint density at radius 1 is 1.36 bits per heavy atom. The third-order valence-corrected chi connectivity index (χ3v) is 2.33. The predicted octanol–water partition coefficient (Wildman–Crippen LogP) is 2.27. The van der Waals surface area contributed by atoms with Crippen molar-refractivity contribution in [1.29, 1.82) is 0 Å². The standard InChI is InChI=1S/C9H18FN/c1-8(2)11-7-9(10)5-3-4-6-9/h8,11H,3-7H2,1-2H3. The Balaban J connectivity index is 2.23. The summed E-state index contributed by atoms with van der Waals surface area (Å²) in [7, 11) is 0. The van der Waals surface area contributed by atoms with E-state index < -0.39 is 5.67 Å². The van der Waals surface area contributed by atoms with Gasteiger partial charge in [0.05, 0.1) is 0 Å². The van der Waals surface area contributed by atoms with Gasteiger partial charge in [0.1, 0.15) is 5.67 Å². The number of alkyl halides is 1. The fourth-order valence-electron chi connectivity index (χ4n) is 1.57. The Labute approximate surface area is 68.4 Å². The molecule has 1 saturated carbocycles. The van der Waals surface area contributed by atoms with E-state index in [-0.39, 0.29) is 0 Å². The molecule has 0 amide bonds. The molecular formula is C9H18FN. The Kier molecular flexibility index (Phi) is 2.88. The molecule has 11 heavy (non-hydrogen) atoms. The lowest BCUT2D eigenvalue weighted by Crippen LogP contribution is -2.37. The largest absolute Gasteiger partial charge is 0.311 e. The molecule has 1 aliphatic carbocycles. The summed E-state index contributed by atoms with van der Waals surface area (Å²) >= 11 is 0. The van der Waals surface area contributed by atoms with Crippen LogP contribution in [0.25, 0.3) is 0 Å². The van der Waals surface area contributed by atoms with Crippen LogP contribution in [-0.4, -0.2) is 18.3 Å². The maximum Gasteiger partial charge on any atom is 0.123 e. The number of nitrogens with one attached hydrogen (secondary N) is 1. The second kappa shape index (κ2) is 3.53. The van der Waals surface area contributed by atoms with Crippen molar-refractivity contribution in [2.24, 2.45) is 0 Å². The Bertz CT molecular complexity index is 117. The second-order valence-electron chi connectivity index (χ2n) is 3.89. The summed E-state index contributed by atoms with van der Waals surface area (Å²) in [6.07, 6.45) is 3.64. The lowest BCUT2D eigenvalue weighted by Gasteiger charge is -2.20. The first kappa shape index (κ1) is 8.98. The van der Waals surface area contributed by atoms with Crippen LogP contribution in [0, 0.1) is 0 Å². The van der Waals surface area contributed by atoms with Crippen LogP contribution in [-0.2, 0) is 0 Å². The van der Waals surface area contributed by atoms with E-state index in [0.29, 0.717) is 12.6 Å². The third-order valence-electron chi connectivity index (χ3n) is 2.33. The average molecular weight is 159 g/mol. The molecule has 0 bridgehead atoms. The van der Waals surface area contributed by atoms with Crippen LogP contribution < -0.4 is 5.32 Å². The SMILES string of the molecule is CC(C)NCC1(F)CCCC1. The first-order valence-corrected chi connectivity index (χ1v) is 4.55. The fraction of sp³-hybridized carbons (Fsp3) is 1.00. The Morgan fingerprint density at radius 2 is 1.91 bits per heavy atom. The minimum absolute atomic E-state index is 0.406. The molecule has 2 heteroatoms. The monoisotopic (exact) mass is 159 g/mol. The topological polar surface area (TPSA) is 12.0 Å². The molecule has 1 rings (SSSR count). The molecule has 1 fully saturated rings. The van der Waals surface area contributed by atoms with Gasteiger partial charge in [0, 0.05) is 12.6 Å². The Hall–Kier alpha value is -0.110. The van der Waals surface area contributed by atoms with Crippen molar-refractivity contribution < 1.29 is 4.39 Å². The van der Waals surface area contributed by atoms with E-state index >= 15 is 0 Å². The van der Waals surface area contributed by atoms with Crippen LogP contribution in [0.2, 0.25) is 0 Å². The third kappa shape index (κ3) is 2.78. The van der Waals surface area contributed by atoms with Gasteiger partial charge in [0.25, 0.3) is 0 Å². The predicted molar refractivity (Wildman–Crippen MR) is 45.4 cm³/mol. The molecule has 1 N–H and O–H groups in total. The number of rotatable bonds is 3. The summed E-state index contributed by atoms with van der Waals surface area (Å²) in [6, 6.07) is 0.406. The highest BCUT2D eigenvalue weighted by molar-refractivity contribution is 4.87. The summed E-state index contributed by atoms with van der Waals surface area (Å²) in [6.45, 7) is 4.65. The molecule has 0 atom stereocenters.